The zero-order valence-corrected chi connectivity index (χ0v) is 21.6. The number of hydrogen-bond acceptors (Lipinski definition) is 3. The Labute approximate surface area is 207 Å². The van der Waals surface area contributed by atoms with E-state index in [-0.39, 0.29) is 0 Å². The molecule has 0 radical (unpaired) electrons. The van der Waals surface area contributed by atoms with Crippen LogP contribution in [0.3, 0.4) is 0 Å². The number of rotatable bonds is 2. The molecule has 0 aliphatic rings. The maximum Gasteiger partial charge on any atom is 0.0781 e. The van der Waals surface area contributed by atoms with Crippen LogP contribution in [0, 0.1) is 11.8 Å². The summed E-state index contributed by atoms with van der Waals surface area (Å²) in [4.78, 5) is 1.16. The molecule has 0 amide bonds. The van der Waals surface area contributed by atoms with Crippen LogP contribution < -0.4 is 0 Å². The maximum atomic E-state index is 3.29. The summed E-state index contributed by atoms with van der Waals surface area (Å²) in [5.41, 5.74) is 0. The molecular formula is C30H26S3. The van der Waals surface area contributed by atoms with Crippen LogP contribution in [0.4, 0.5) is 0 Å². The first kappa shape index (κ1) is 22.3. The summed E-state index contributed by atoms with van der Waals surface area (Å²) in [5.74, 6) is 9.01. The zero-order chi connectivity index (χ0) is 22.8. The first-order chi connectivity index (χ1) is 16.2. The van der Waals surface area contributed by atoms with E-state index in [1.54, 1.807) is 11.3 Å². The van der Waals surface area contributed by atoms with Crippen molar-refractivity contribution in [2.45, 2.75) is 27.2 Å². The molecule has 4 aromatic carbocycles. The van der Waals surface area contributed by atoms with Crippen molar-refractivity contribution >= 4 is 86.9 Å². The van der Waals surface area contributed by atoms with E-state index in [1.165, 1.54) is 64.0 Å². The van der Waals surface area contributed by atoms with E-state index in [1.807, 2.05) is 23.1 Å². The van der Waals surface area contributed by atoms with Crippen LogP contribution in [0.25, 0.3) is 52.5 Å². The topological polar surface area (TPSA) is 0 Å². The van der Waals surface area contributed by atoms with E-state index in [2.05, 4.69) is 98.7 Å². The molecule has 2 heterocycles. The summed E-state index contributed by atoms with van der Waals surface area (Å²) >= 11 is 5.56. The number of thioether (sulfide) groups is 1. The van der Waals surface area contributed by atoms with Crippen LogP contribution in [0.15, 0.2) is 66.0 Å². The molecule has 33 heavy (non-hydrogen) atoms. The van der Waals surface area contributed by atoms with E-state index in [4.69, 9.17) is 0 Å². The van der Waals surface area contributed by atoms with E-state index in [0.29, 0.717) is 0 Å². The van der Waals surface area contributed by atoms with E-state index < -0.39 is 0 Å². The number of fused-ring (bicyclic) bond motifs is 9. The molecule has 0 aliphatic heterocycles. The van der Waals surface area contributed by atoms with Crippen molar-refractivity contribution in [2.24, 2.45) is 0 Å². The van der Waals surface area contributed by atoms with Crippen LogP contribution in [0.1, 0.15) is 32.1 Å². The molecule has 2 aromatic heterocycles. The third-order valence-electron chi connectivity index (χ3n) is 5.92. The zero-order valence-electron chi connectivity index (χ0n) is 19.2. The van der Waals surface area contributed by atoms with Crippen molar-refractivity contribution in [2.75, 3.05) is 11.5 Å². The molecule has 0 atom stereocenters. The second-order valence-electron chi connectivity index (χ2n) is 7.84. The maximum absolute atomic E-state index is 3.29. The van der Waals surface area contributed by atoms with Gasteiger partial charge in [-0.25, -0.2) is 0 Å². The Kier molecular flexibility index (Phi) is 6.60. The second kappa shape index (κ2) is 9.77. The average Bonchev–Trinajstić information content (AvgIpc) is 3.50. The van der Waals surface area contributed by atoms with Crippen molar-refractivity contribution in [3.05, 3.63) is 70.9 Å². The van der Waals surface area contributed by atoms with Gasteiger partial charge in [0.15, 0.2) is 0 Å². The van der Waals surface area contributed by atoms with Crippen molar-refractivity contribution in [3.63, 3.8) is 0 Å². The molecule has 6 aromatic rings. The molecule has 0 saturated heterocycles. The summed E-state index contributed by atoms with van der Waals surface area (Å²) in [6.07, 6.45) is 0.893. The Hall–Kier alpha value is -2.51. The van der Waals surface area contributed by atoms with Gasteiger partial charge in [0.2, 0.25) is 0 Å². The summed E-state index contributed by atoms with van der Waals surface area (Å²) in [5, 5.41) is 12.8. The average molecular weight is 483 g/mol. The molecule has 164 valence electrons. The molecule has 3 heteroatoms. The van der Waals surface area contributed by atoms with E-state index in [9.17, 15) is 0 Å². The lowest BCUT2D eigenvalue weighted by Gasteiger charge is -2.09. The van der Waals surface area contributed by atoms with Gasteiger partial charge in [-0.15, -0.1) is 22.7 Å². The minimum atomic E-state index is 0.893. The minimum Gasteiger partial charge on any atom is -0.163 e. The molecule has 0 N–H and O–H groups in total. The Morgan fingerprint density at radius 1 is 0.636 bits per heavy atom. The molecule has 0 saturated carbocycles. The third kappa shape index (κ3) is 4.13. The monoisotopic (exact) mass is 482 g/mol. The number of benzene rings is 4. The van der Waals surface area contributed by atoms with Gasteiger partial charge in [-0.05, 0) is 73.5 Å². The van der Waals surface area contributed by atoms with Crippen molar-refractivity contribution in [1.29, 1.82) is 0 Å². The van der Waals surface area contributed by atoms with Gasteiger partial charge in [0.25, 0.3) is 0 Å². The largest absolute Gasteiger partial charge is 0.163 e. The summed E-state index contributed by atoms with van der Waals surface area (Å²) < 4.78 is 2.67. The number of hydrogen-bond donors (Lipinski definition) is 0. The van der Waals surface area contributed by atoms with Gasteiger partial charge in [0.1, 0.15) is 0 Å². The van der Waals surface area contributed by atoms with Gasteiger partial charge in [0.05, 0.1) is 4.88 Å². The SMILES string of the molecule is CCC#Cc1cc2c(ccc3c2ccc2c4ccc5sccc5c4ccc32)s1.CCSCC. The molecule has 0 spiro atoms. The first-order valence-corrected chi connectivity index (χ1v) is 14.3. The van der Waals surface area contributed by atoms with Crippen LogP contribution in [-0.2, 0) is 0 Å². The Bertz CT molecular complexity index is 1650. The van der Waals surface area contributed by atoms with Gasteiger partial charge in [-0.1, -0.05) is 69.0 Å². The summed E-state index contributed by atoms with van der Waals surface area (Å²) in [6.45, 7) is 6.44. The highest BCUT2D eigenvalue weighted by atomic mass is 32.2. The fourth-order valence-electron chi connectivity index (χ4n) is 4.45. The van der Waals surface area contributed by atoms with E-state index >= 15 is 0 Å². The number of thiophene rings is 2. The standard InChI is InChI=1S/C26H16S2.C4H10S/c1-2-3-4-16-15-24-22-8-6-17-18(20(22)10-12-26(24)28-16)5-7-21-19(17)9-11-25-23(21)13-14-27-25;1-3-5-4-2/h5-15H,2H2,1H3;3-4H2,1-2H3. The molecule has 0 nitrogen and oxygen atoms in total. The van der Waals surface area contributed by atoms with Gasteiger partial charge >= 0.3 is 0 Å². The summed E-state index contributed by atoms with van der Waals surface area (Å²) in [6, 6.07) is 22.8. The van der Waals surface area contributed by atoms with Crippen LogP contribution in [0.2, 0.25) is 0 Å². The van der Waals surface area contributed by atoms with Crippen LogP contribution in [0.5, 0.6) is 0 Å². The highest BCUT2D eigenvalue weighted by molar-refractivity contribution is 7.99. The van der Waals surface area contributed by atoms with Crippen LogP contribution >= 0.6 is 34.4 Å². The van der Waals surface area contributed by atoms with Crippen molar-refractivity contribution in [3.8, 4) is 11.8 Å². The third-order valence-corrected chi connectivity index (χ3v) is 8.63. The fourth-order valence-corrected chi connectivity index (χ4v) is 6.61. The van der Waals surface area contributed by atoms with Gasteiger partial charge < -0.3 is 0 Å². The molecular weight excluding hydrogens is 457 g/mol. The van der Waals surface area contributed by atoms with Gasteiger partial charge in [0, 0.05) is 26.6 Å². The highest BCUT2D eigenvalue weighted by Crippen LogP contribution is 2.39. The predicted molar refractivity (Wildman–Crippen MR) is 156 cm³/mol. The minimum absolute atomic E-state index is 0.893. The highest BCUT2D eigenvalue weighted by Gasteiger charge is 2.10. The van der Waals surface area contributed by atoms with Gasteiger partial charge in [-0.3, -0.25) is 0 Å². The Morgan fingerprint density at radius 2 is 1.18 bits per heavy atom. The lowest BCUT2D eigenvalue weighted by Crippen LogP contribution is -1.81. The molecule has 0 bridgehead atoms. The normalized spacial score (nSPS) is 11.1. The van der Waals surface area contributed by atoms with Crippen LogP contribution in [-0.4, -0.2) is 11.5 Å². The van der Waals surface area contributed by atoms with Gasteiger partial charge in [-0.2, -0.15) is 11.8 Å². The lowest BCUT2D eigenvalue weighted by atomic mass is 9.95. The Morgan fingerprint density at radius 3 is 1.76 bits per heavy atom. The molecule has 0 aliphatic carbocycles. The van der Waals surface area contributed by atoms with E-state index in [0.717, 1.165) is 11.3 Å². The molecule has 0 unspecified atom stereocenters. The lowest BCUT2D eigenvalue weighted by molar-refractivity contribution is 1.28. The van der Waals surface area contributed by atoms with Crippen molar-refractivity contribution in [1.82, 2.24) is 0 Å². The quantitative estimate of drug-likeness (QED) is 0.175. The molecule has 6 rings (SSSR count). The summed E-state index contributed by atoms with van der Waals surface area (Å²) in [7, 11) is 0. The predicted octanol–water partition coefficient (Wildman–Crippen LogP) is 10.1. The smallest absolute Gasteiger partial charge is 0.0781 e. The Balaban J connectivity index is 0.000000416. The second-order valence-corrected chi connectivity index (χ2v) is 11.4. The fraction of sp³-hybridized carbons (Fsp3) is 0.200. The first-order valence-electron chi connectivity index (χ1n) is 11.5. The van der Waals surface area contributed by atoms with Crippen molar-refractivity contribution < 1.29 is 0 Å². The molecule has 0 fully saturated rings.